The maximum absolute atomic E-state index is 11.4. The first-order valence-corrected chi connectivity index (χ1v) is 9.07. The summed E-state index contributed by atoms with van der Waals surface area (Å²) in [5.74, 6) is 2.85. The molecule has 122 valence electrons. The maximum atomic E-state index is 11.4. The van der Waals surface area contributed by atoms with Crippen molar-refractivity contribution in [3.05, 3.63) is 42.0 Å². The Balaban J connectivity index is 1.30. The first-order valence-electron chi connectivity index (χ1n) is 9.07. The van der Waals surface area contributed by atoms with E-state index in [0.29, 0.717) is 0 Å². The van der Waals surface area contributed by atoms with Crippen LogP contribution < -0.4 is 9.80 Å². The zero-order valence-electron chi connectivity index (χ0n) is 14.0. The minimum absolute atomic E-state index is 0.144. The SMILES string of the molecule is CC(=O)c1ccc(N2CC[NH+](C[C@H]3C[C@@H]4C=C[C@H]3C4)CC2)cc1. The molecule has 1 N–H and O–H groups in total. The number of nitrogens with one attached hydrogen (secondary N) is 1. The van der Waals surface area contributed by atoms with Crippen molar-refractivity contribution >= 4 is 11.5 Å². The third kappa shape index (κ3) is 3.07. The Labute approximate surface area is 139 Å². The smallest absolute Gasteiger partial charge is 0.159 e. The fourth-order valence-corrected chi connectivity index (χ4v) is 4.69. The van der Waals surface area contributed by atoms with Gasteiger partial charge in [-0.3, -0.25) is 4.79 Å². The standard InChI is InChI=1S/C20H26N2O/c1-15(23)17-4-6-20(7-5-17)22-10-8-21(9-11-22)14-19-13-16-2-3-18(19)12-16/h2-7,16,18-19H,8-14H2,1H3/p+1/t16-,18+,19-/m1/s1. The van der Waals surface area contributed by atoms with Crippen molar-refractivity contribution in [1.29, 1.82) is 0 Å². The average Bonchev–Trinajstić information content (AvgIpc) is 3.18. The number of nitrogens with zero attached hydrogens (tertiary/aromatic N) is 1. The molecule has 2 fully saturated rings. The molecule has 1 aromatic carbocycles. The Hall–Kier alpha value is -1.61. The number of rotatable bonds is 4. The molecule has 1 saturated heterocycles. The summed E-state index contributed by atoms with van der Waals surface area (Å²) in [6.07, 6.45) is 7.78. The summed E-state index contributed by atoms with van der Waals surface area (Å²) in [6, 6.07) is 8.11. The lowest BCUT2D eigenvalue weighted by Crippen LogP contribution is -3.15. The van der Waals surface area contributed by atoms with E-state index in [9.17, 15) is 4.79 Å². The van der Waals surface area contributed by atoms with Crippen LogP contribution in [0.15, 0.2) is 36.4 Å². The van der Waals surface area contributed by atoms with E-state index < -0.39 is 0 Å². The van der Waals surface area contributed by atoms with Crippen LogP contribution in [0.3, 0.4) is 0 Å². The molecule has 2 bridgehead atoms. The number of fused-ring (bicyclic) bond motifs is 2. The lowest BCUT2D eigenvalue weighted by molar-refractivity contribution is -0.904. The molecule has 1 aromatic rings. The Bertz CT molecular complexity index is 599. The van der Waals surface area contributed by atoms with Gasteiger partial charge in [-0.05, 0) is 55.9 Å². The lowest BCUT2D eigenvalue weighted by atomic mass is 9.93. The normalized spacial score (nSPS) is 30.1. The number of hydrogen-bond acceptors (Lipinski definition) is 2. The fourth-order valence-electron chi connectivity index (χ4n) is 4.69. The van der Waals surface area contributed by atoms with Crippen molar-refractivity contribution in [2.24, 2.45) is 17.8 Å². The van der Waals surface area contributed by atoms with Crippen LogP contribution >= 0.6 is 0 Å². The number of hydrogen-bond donors (Lipinski definition) is 1. The number of quaternary nitrogens is 1. The van der Waals surface area contributed by atoms with E-state index in [1.165, 1.54) is 38.2 Å². The highest BCUT2D eigenvalue weighted by atomic mass is 16.1. The lowest BCUT2D eigenvalue weighted by Gasteiger charge is -2.35. The van der Waals surface area contributed by atoms with E-state index in [0.717, 1.165) is 36.4 Å². The fraction of sp³-hybridized carbons (Fsp3) is 0.550. The van der Waals surface area contributed by atoms with Crippen molar-refractivity contribution in [1.82, 2.24) is 0 Å². The molecule has 3 aliphatic rings. The van der Waals surface area contributed by atoms with E-state index in [2.05, 4.69) is 29.2 Å². The topological polar surface area (TPSA) is 24.8 Å². The molecule has 0 amide bonds. The van der Waals surface area contributed by atoms with Gasteiger partial charge in [0, 0.05) is 17.2 Å². The van der Waals surface area contributed by atoms with Crippen molar-refractivity contribution < 1.29 is 9.69 Å². The summed E-state index contributed by atoms with van der Waals surface area (Å²) >= 11 is 0. The van der Waals surface area contributed by atoms with Crippen LogP contribution in [0.2, 0.25) is 0 Å². The molecular weight excluding hydrogens is 284 g/mol. The van der Waals surface area contributed by atoms with Crippen molar-refractivity contribution in [3.8, 4) is 0 Å². The van der Waals surface area contributed by atoms with Crippen LogP contribution in [0.4, 0.5) is 5.69 Å². The quantitative estimate of drug-likeness (QED) is 0.677. The van der Waals surface area contributed by atoms with Gasteiger partial charge in [-0.15, -0.1) is 0 Å². The zero-order valence-corrected chi connectivity index (χ0v) is 14.0. The molecule has 2 aliphatic carbocycles. The summed E-state index contributed by atoms with van der Waals surface area (Å²) in [6.45, 7) is 7.74. The summed E-state index contributed by atoms with van der Waals surface area (Å²) in [7, 11) is 0. The third-order valence-electron chi connectivity index (χ3n) is 6.08. The van der Waals surface area contributed by atoms with Gasteiger partial charge >= 0.3 is 0 Å². The minimum atomic E-state index is 0.144. The van der Waals surface area contributed by atoms with Gasteiger partial charge in [-0.25, -0.2) is 0 Å². The predicted octanol–water partition coefficient (Wildman–Crippen LogP) is 1.81. The second-order valence-corrected chi connectivity index (χ2v) is 7.58. The monoisotopic (exact) mass is 311 g/mol. The molecule has 1 heterocycles. The van der Waals surface area contributed by atoms with Crippen molar-refractivity contribution in [3.63, 3.8) is 0 Å². The second-order valence-electron chi connectivity index (χ2n) is 7.58. The van der Waals surface area contributed by atoms with Gasteiger partial charge in [-0.1, -0.05) is 12.2 Å². The third-order valence-corrected chi connectivity index (χ3v) is 6.08. The van der Waals surface area contributed by atoms with Crippen LogP contribution in [0.1, 0.15) is 30.1 Å². The molecule has 0 aromatic heterocycles. The van der Waals surface area contributed by atoms with Gasteiger partial charge in [0.1, 0.15) is 0 Å². The highest BCUT2D eigenvalue weighted by molar-refractivity contribution is 5.94. The molecule has 3 nitrogen and oxygen atoms in total. The molecule has 0 unspecified atom stereocenters. The number of carbonyl (C=O) groups is 1. The number of carbonyl (C=O) groups excluding carboxylic acids is 1. The minimum Gasteiger partial charge on any atom is -0.360 e. The summed E-state index contributed by atoms with van der Waals surface area (Å²) in [5, 5.41) is 0. The molecule has 0 radical (unpaired) electrons. The summed E-state index contributed by atoms with van der Waals surface area (Å²) in [4.78, 5) is 15.6. The number of piperazine rings is 1. The van der Waals surface area contributed by atoms with Crippen LogP contribution in [0.25, 0.3) is 0 Å². The van der Waals surface area contributed by atoms with E-state index in [4.69, 9.17) is 0 Å². The Morgan fingerprint density at radius 3 is 2.43 bits per heavy atom. The van der Waals surface area contributed by atoms with E-state index in [1.54, 1.807) is 11.8 Å². The second kappa shape index (κ2) is 6.12. The van der Waals surface area contributed by atoms with E-state index in [-0.39, 0.29) is 5.78 Å². The first-order chi connectivity index (χ1) is 11.2. The molecule has 3 heteroatoms. The number of anilines is 1. The molecule has 1 saturated carbocycles. The summed E-state index contributed by atoms with van der Waals surface area (Å²) < 4.78 is 0. The predicted molar refractivity (Wildman–Crippen MR) is 93.1 cm³/mol. The van der Waals surface area contributed by atoms with Gasteiger partial charge < -0.3 is 9.80 Å². The number of allylic oxidation sites excluding steroid dienone is 2. The van der Waals surface area contributed by atoms with Gasteiger partial charge in [0.2, 0.25) is 0 Å². The van der Waals surface area contributed by atoms with E-state index >= 15 is 0 Å². The zero-order chi connectivity index (χ0) is 15.8. The number of ketones is 1. The van der Waals surface area contributed by atoms with Crippen LogP contribution in [-0.2, 0) is 0 Å². The van der Waals surface area contributed by atoms with Crippen LogP contribution in [0, 0.1) is 17.8 Å². The highest BCUT2D eigenvalue weighted by Crippen LogP contribution is 2.42. The van der Waals surface area contributed by atoms with E-state index in [1.807, 2.05) is 12.1 Å². The van der Waals surface area contributed by atoms with Crippen molar-refractivity contribution in [2.45, 2.75) is 19.8 Å². The molecular formula is C20H27N2O+. The highest BCUT2D eigenvalue weighted by Gasteiger charge is 2.38. The van der Waals surface area contributed by atoms with Gasteiger partial charge in [0.25, 0.3) is 0 Å². The maximum Gasteiger partial charge on any atom is 0.159 e. The molecule has 4 rings (SSSR count). The first kappa shape index (κ1) is 14.9. The van der Waals surface area contributed by atoms with Gasteiger partial charge in [0.15, 0.2) is 5.78 Å². The summed E-state index contributed by atoms with van der Waals surface area (Å²) in [5.41, 5.74) is 2.07. The molecule has 3 atom stereocenters. The number of Topliss-reactive ketones (excluding diaryl/α,β-unsaturated/α-hetero) is 1. The van der Waals surface area contributed by atoms with Crippen LogP contribution in [-0.4, -0.2) is 38.5 Å². The molecule has 1 aliphatic heterocycles. The Morgan fingerprint density at radius 1 is 1.13 bits per heavy atom. The molecule has 0 spiro atoms. The van der Waals surface area contributed by atoms with Crippen LogP contribution in [0.5, 0.6) is 0 Å². The van der Waals surface area contributed by atoms with Gasteiger partial charge in [0.05, 0.1) is 32.7 Å². The molecule has 23 heavy (non-hydrogen) atoms. The Kier molecular flexibility index (Phi) is 3.98. The average molecular weight is 311 g/mol. The van der Waals surface area contributed by atoms with Gasteiger partial charge in [-0.2, -0.15) is 0 Å². The Morgan fingerprint density at radius 2 is 1.87 bits per heavy atom. The van der Waals surface area contributed by atoms with Crippen molar-refractivity contribution in [2.75, 3.05) is 37.6 Å². The largest absolute Gasteiger partial charge is 0.360 e. The number of benzene rings is 1.